The number of rotatable bonds is 6. The van der Waals surface area contributed by atoms with Gasteiger partial charge in [-0.05, 0) is 38.5 Å². The summed E-state index contributed by atoms with van der Waals surface area (Å²) in [7, 11) is -1.45. The predicted octanol–water partition coefficient (Wildman–Crippen LogP) is 1.88. The standard InChI is InChI=1S/C15H32N4O2S.HI/c1-12(2)9-13-7-8-19(10-13)14(16-5)17-11-15(3,4)18-22(6,20)21;/h12-13,18H,7-11H2,1-6H3,(H,16,17);1H. The molecule has 0 amide bonds. The number of guanidine groups is 1. The van der Waals surface area contributed by atoms with Gasteiger partial charge in [-0.3, -0.25) is 4.99 Å². The first-order chi connectivity index (χ1) is 10.0. The van der Waals surface area contributed by atoms with Gasteiger partial charge in [0.05, 0.1) is 6.26 Å². The van der Waals surface area contributed by atoms with Gasteiger partial charge in [-0.1, -0.05) is 13.8 Å². The maximum atomic E-state index is 11.4. The number of likely N-dealkylation sites (tertiary alicyclic amines) is 1. The molecule has 2 N–H and O–H groups in total. The van der Waals surface area contributed by atoms with Crippen LogP contribution in [0.5, 0.6) is 0 Å². The summed E-state index contributed by atoms with van der Waals surface area (Å²) in [6.07, 6.45) is 3.62. The summed E-state index contributed by atoms with van der Waals surface area (Å²) < 4.78 is 25.4. The zero-order chi connectivity index (χ0) is 17.0. The highest BCUT2D eigenvalue weighted by Gasteiger charge is 2.27. The number of hydrogen-bond donors (Lipinski definition) is 2. The molecule has 0 aromatic rings. The molecule has 0 spiro atoms. The third-order valence-corrected chi connectivity index (χ3v) is 4.68. The van der Waals surface area contributed by atoms with E-state index in [4.69, 9.17) is 0 Å². The normalized spacial score (nSPS) is 19.9. The molecular formula is C15H33IN4O2S. The smallest absolute Gasteiger partial charge is 0.209 e. The van der Waals surface area contributed by atoms with Crippen molar-refractivity contribution in [2.24, 2.45) is 16.8 Å². The van der Waals surface area contributed by atoms with E-state index in [-0.39, 0.29) is 24.0 Å². The van der Waals surface area contributed by atoms with Crippen LogP contribution in [-0.4, -0.2) is 57.8 Å². The number of sulfonamides is 1. The lowest BCUT2D eigenvalue weighted by atomic mass is 9.97. The molecular weight excluding hydrogens is 427 g/mol. The average Bonchev–Trinajstić information content (AvgIpc) is 2.74. The SMILES string of the molecule is CN=C(NCC(C)(C)NS(C)(=O)=O)N1CCC(CC(C)C)C1.I. The molecule has 6 nitrogen and oxygen atoms in total. The van der Waals surface area contributed by atoms with Crippen molar-refractivity contribution in [2.45, 2.75) is 46.1 Å². The Labute approximate surface area is 159 Å². The minimum Gasteiger partial charge on any atom is -0.354 e. The van der Waals surface area contributed by atoms with E-state index in [0.717, 1.165) is 30.9 Å². The van der Waals surface area contributed by atoms with Crippen molar-refractivity contribution < 1.29 is 8.42 Å². The topological polar surface area (TPSA) is 73.8 Å². The van der Waals surface area contributed by atoms with Crippen molar-refractivity contribution in [3.8, 4) is 0 Å². The summed E-state index contributed by atoms with van der Waals surface area (Å²) in [5.41, 5.74) is -0.555. The molecule has 0 aliphatic carbocycles. The summed E-state index contributed by atoms with van der Waals surface area (Å²) >= 11 is 0. The summed E-state index contributed by atoms with van der Waals surface area (Å²) in [4.78, 5) is 6.60. The third kappa shape index (κ3) is 9.09. The van der Waals surface area contributed by atoms with Crippen LogP contribution in [0, 0.1) is 11.8 Å². The van der Waals surface area contributed by atoms with Gasteiger partial charge in [0.15, 0.2) is 5.96 Å². The molecule has 1 fully saturated rings. The van der Waals surface area contributed by atoms with Gasteiger partial charge in [0.2, 0.25) is 10.0 Å². The van der Waals surface area contributed by atoms with Crippen LogP contribution >= 0.6 is 24.0 Å². The van der Waals surface area contributed by atoms with Crippen molar-refractivity contribution in [1.82, 2.24) is 14.9 Å². The Kier molecular flexibility index (Phi) is 9.37. The molecule has 0 radical (unpaired) electrons. The second-order valence-corrected chi connectivity index (χ2v) is 9.14. The van der Waals surface area contributed by atoms with Gasteiger partial charge in [-0.2, -0.15) is 0 Å². The molecule has 1 rings (SSSR count). The zero-order valence-corrected chi connectivity index (χ0v) is 18.4. The van der Waals surface area contributed by atoms with E-state index in [1.807, 2.05) is 13.8 Å². The summed E-state index contributed by atoms with van der Waals surface area (Å²) in [5.74, 6) is 2.30. The highest BCUT2D eigenvalue weighted by molar-refractivity contribution is 14.0. The average molecular weight is 460 g/mol. The molecule has 1 aliphatic heterocycles. The summed E-state index contributed by atoms with van der Waals surface area (Å²) in [5, 5.41) is 3.30. The second kappa shape index (κ2) is 9.41. The van der Waals surface area contributed by atoms with Gasteiger partial charge in [0, 0.05) is 32.2 Å². The van der Waals surface area contributed by atoms with Gasteiger partial charge < -0.3 is 10.2 Å². The molecule has 1 atom stereocenters. The Hall–Kier alpha value is -0.0900. The summed E-state index contributed by atoms with van der Waals surface area (Å²) in [6, 6.07) is 0. The number of aliphatic imine (C=N–C) groups is 1. The van der Waals surface area contributed by atoms with E-state index < -0.39 is 15.6 Å². The fourth-order valence-electron chi connectivity index (χ4n) is 3.05. The van der Waals surface area contributed by atoms with Crippen molar-refractivity contribution in [1.29, 1.82) is 0 Å². The Morgan fingerprint density at radius 2 is 2.00 bits per heavy atom. The fourth-order valence-corrected chi connectivity index (χ4v) is 4.13. The second-order valence-electron chi connectivity index (χ2n) is 7.39. The number of nitrogens with one attached hydrogen (secondary N) is 2. The van der Waals surface area contributed by atoms with Crippen LogP contribution in [0.2, 0.25) is 0 Å². The molecule has 1 saturated heterocycles. The van der Waals surface area contributed by atoms with E-state index in [1.54, 1.807) is 7.05 Å². The van der Waals surface area contributed by atoms with Crippen LogP contribution in [0.4, 0.5) is 0 Å². The first-order valence-corrected chi connectivity index (χ1v) is 9.86. The largest absolute Gasteiger partial charge is 0.354 e. The van der Waals surface area contributed by atoms with Gasteiger partial charge in [0.1, 0.15) is 0 Å². The van der Waals surface area contributed by atoms with Crippen molar-refractivity contribution in [3.63, 3.8) is 0 Å². The van der Waals surface area contributed by atoms with Gasteiger partial charge in [-0.15, -0.1) is 24.0 Å². The van der Waals surface area contributed by atoms with Gasteiger partial charge >= 0.3 is 0 Å². The molecule has 0 bridgehead atoms. The van der Waals surface area contributed by atoms with E-state index in [2.05, 4.69) is 33.8 Å². The molecule has 1 aliphatic rings. The van der Waals surface area contributed by atoms with Crippen LogP contribution in [0.25, 0.3) is 0 Å². The Morgan fingerprint density at radius 3 is 2.48 bits per heavy atom. The lowest BCUT2D eigenvalue weighted by Gasteiger charge is -2.29. The van der Waals surface area contributed by atoms with Crippen LogP contribution < -0.4 is 10.0 Å². The molecule has 0 saturated carbocycles. The maximum Gasteiger partial charge on any atom is 0.209 e. The minimum atomic E-state index is -3.22. The van der Waals surface area contributed by atoms with Crippen molar-refractivity contribution in [2.75, 3.05) is 32.9 Å². The highest BCUT2D eigenvalue weighted by atomic mass is 127. The highest BCUT2D eigenvalue weighted by Crippen LogP contribution is 2.23. The van der Waals surface area contributed by atoms with Crippen LogP contribution in [0.15, 0.2) is 4.99 Å². The van der Waals surface area contributed by atoms with Crippen LogP contribution in [0.1, 0.15) is 40.5 Å². The molecule has 138 valence electrons. The van der Waals surface area contributed by atoms with E-state index in [0.29, 0.717) is 6.54 Å². The summed E-state index contributed by atoms with van der Waals surface area (Å²) in [6.45, 7) is 10.8. The fraction of sp³-hybridized carbons (Fsp3) is 0.933. The van der Waals surface area contributed by atoms with Crippen molar-refractivity contribution >= 4 is 40.0 Å². The quantitative estimate of drug-likeness (QED) is 0.361. The minimum absolute atomic E-state index is 0. The zero-order valence-electron chi connectivity index (χ0n) is 15.2. The van der Waals surface area contributed by atoms with Crippen LogP contribution in [-0.2, 0) is 10.0 Å². The lowest BCUT2D eigenvalue weighted by Crippen LogP contribution is -2.53. The van der Waals surface area contributed by atoms with E-state index in [9.17, 15) is 8.42 Å². The molecule has 0 aromatic heterocycles. The lowest BCUT2D eigenvalue weighted by molar-refractivity contribution is 0.395. The Morgan fingerprint density at radius 1 is 1.39 bits per heavy atom. The maximum absolute atomic E-state index is 11.4. The van der Waals surface area contributed by atoms with Crippen molar-refractivity contribution in [3.05, 3.63) is 0 Å². The number of nitrogens with zero attached hydrogens (tertiary/aromatic N) is 2. The van der Waals surface area contributed by atoms with E-state index in [1.165, 1.54) is 19.1 Å². The molecule has 1 unspecified atom stereocenters. The molecule has 1 heterocycles. The van der Waals surface area contributed by atoms with Crippen LogP contribution in [0.3, 0.4) is 0 Å². The molecule has 23 heavy (non-hydrogen) atoms. The monoisotopic (exact) mass is 460 g/mol. The predicted molar refractivity (Wildman–Crippen MR) is 108 cm³/mol. The third-order valence-electron chi connectivity index (χ3n) is 3.75. The van der Waals surface area contributed by atoms with Gasteiger partial charge in [-0.25, -0.2) is 13.1 Å². The molecule has 0 aromatic carbocycles. The first kappa shape index (κ1) is 22.9. The Bertz CT molecular complexity index is 492. The van der Waals surface area contributed by atoms with Gasteiger partial charge in [0.25, 0.3) is 0 Å². The van der Waals surface area contributed by atoms with E-state index >= 15 is 0 Å². The number of halogens is 1. The number of hydrogen-bond acceptors (Lipinski definition) is 3. The Balaban J connectivity index is 0.00000484. The first-order valence-electron chi connectivity index (χ1n) is 7.97. The molecule has 8 heteroatoms.